The fourth-order valence-electron chi connectivity index (χ4n) is 2.99. The van der Waals surface area contributed by atoms with Crippen molar-refractivity contribution in [1.29, 1.82) is 0 Å². The van der Waals surface area contributed by atoms with Crippen LogP contribution in [-0.2, 0) is 13.0 Å². The largest absolute Gasteiger partial charge is 0.338 e. The van der Waals surface area contributed by atoms with Crippen molar-refractivity contribution in [2.45, 2.75) is 38.3 Å². The second-order valence-electron chi connectivity index (χ2n) is 6.02. The molecule has 0 bridgehead atoms. The second kappa shape index (κ2) is 9.01. The molecule has 1 aromatic heterocycles. The third-order valence-electron chi connectivity index (χ3n) is 4.27. The fourth-order valence-corrected chi connectivity index (χ4v) is 2.99. The Bertz CT molecular complexity index is 567. The molecule has 1 aliphatic heterocycles. The van der Waals surface area contributed by atoms with Crippen molar-refractivity contribution in [2.75, 3.05) is 20.1 Å². The van der Waals surface area contributed by atoms with Crippen molar-refractivity contribution in [2.24, 2.45) is 0 Å². The summed E-state index contributed by atoms with van der Waals surface area (Å²) in [7, 11) is 2.15. The van der Waals surface area contributed by atoms with E-state index in [1.54, 1.807) is 0 Å². The van der Waals surface area contributed by atoms with E-state index in [-0.39, 0.29) is 12.4 Å². The fraction of sp³-hybridized carbons (Fsp3) is 0.529. The first-order chi connectivity index (χ1) is 10.8. The van der Waals surface area contributed by atoms with E-state index in [2.05, 4.69) is 39.5 Å². The number of aromatic nitrogens is 2. The monoisotopic (exact) mass is 336 g/mol. The summed E-state index contributed by atoms with van der Waals surface area (Å²) in [6, 6.07) is 10.8. The number of halogens is 1. The maximum absolute atomic E-state index is 5.41. The summed E-state index contributed by atoms with van der Waals surface area (Å²) < 4.78 is 5.41. The van der Waals surface area contributed by atoms with Crippen LogP contribution in [0.25, 0.3) is 0 Å². The molecule has 1 aliphatic rings. The smallest absolute Gasteiger partial charge is 0.240 e. The maximum Gasteiger partial charge on any atom is 0.240 e. The highest BCUT2D eigenvalue weighted by molar-refractivity contribution is 5.85. The summed E-state index contributed by atoms with van der Waals surface area (Å²) in [5.74, 6) is 1.47. The molecule has 0 radical (unpaired) electrons. The molecule has 2 aromatic rings. The van der Waals surface area contributed by atoms with Crippen molar-refractivity contribution in [3.63, 3.8) is 0 Å². The van der Waals surface area contributed by atoms with Gasteiger partial charge in [-0.1, -0.05) is 35.5 Å². The van der Waals surface area contributed by atoms with Crippen LogP contribution >= 0.6 is 12.4 Å². The number of hydrogen-bond donors (Lipinski definition) is 1. The van der Waals surface area contributed by atoms with Crippen LogP contribution in [0.4, 0.5) is 0 Å². The Morgan fingerprint density at radius 2 is 2.04 bits per heavy atom. The molecule has 126 valence electrons. The van der Waals surface area contributed by atoms with Gasteiger partial charge in [0.05, 0.1) is 6.54 Å². The Balaban J connectivity index is 0.00000192. The minimum Gasteiger partial charge on any atom is -0.338 e. The molecule has 1 N–H and O–H groups in total. The summed E-state index contributed by atoms with van der Waals surface area (Å²) in [5.41, 5.74) is 1.21. The molecule has 1 saturated heterocycles. The van der Waals surface area contributed by atoms with Crippen molar-refractivity contribution in [1.82, 2.24) is 20.4 Å². The molecule has 1 aromatic carbocycles. The molecule has 1 unspecified atom stereocenters. The van der Waals surface area contributed by atoms with Crippen molar-refractivity contribution in [3.05, 3.63) is 47.6 Å². The predicted molar refractivity (Wildman–Crippen MR) is 92.8 cm³/mol. The minimum atomic E-state index is 0. The van der Waals surface area contributed by atoms with E-state index in [9.17, 15) is 0 Å². The normalized spacial score (nSPS) is 18.4. The van der Waals surface area contributed by atoms with Crippen LogP contribution in [0.3, 0.4) is 0 Å². The first-order valence-electron chi connectivity index (χ1n) is 8.07. The van der Waals surface area contributed by atoms with Crippen LogP contribution < -0.4 is 5.32 Å². The van der Waals surface area contributed by atoms with E-state index in [0.29, 0.717) is 11.9 Å². The third-order valence-corrected chi connectivity index (χ3v) is 4.27. The molecule has 0 spiro atoms. The van der Waals surface area contributed by atoms with Gasteiger partial charge in [-0.3, -0.25) is 4.90 Å². The number of nitrogens with zero attached hydrogens (tertiary/aromatic N) is 3. The van der Waals surface area contributed by atoms with Gasteiger partial charge in [0.1, 0.15) is 0 Å². The maximum atomic E-state index is 5.41. The van der Waals surface area contributed by atoms with Crippen molar-refractivity contribution >= 4 is 12.4 Å². The highest BCUT2D eigenvalue weighted by Crippen LogP contribution is 2.15. The quantitative estimate of drug-likeness (QED) is 0.909. The van der Waals surface area contributed by atoms with E-state index >= 15 is 0 Å². The summed E-state index contributed by atoms with van der Waals surface area (Å²) in [4.78, 5) is 6.87. The summed E-state index contributed by atoms with van der Waals surface area (Å²) >= 11 is 0. The first-order valence-corrected chi connectivity index (χ1v) is 8.07. The molecule has 0 saturated carbocycles. The minimum absolute atomic E-state index is 0. The van der Waals surface area contributed by atoms with Crippen LogP contribution in [0.15, 0.2) is 34.9 Å². The van der Waals surface area contributed by atoms with Crippen LogP contribution in [0.5, 0.6) is 0 Å². The lowest BCUT2D eigenvalue weighted by Gasteiger charge is -2.25. The van der Waals surface area contributed by atoms with Gasteiger partial charge in [0, 0.05) is 12.5 Å². The summed E-state index contributed by atoms with van der Waals surface area (Å²) in [6.07, 6.45) is 4.37. The van der Waals surface area contributed by atoms with Gasteiger partial charge < -0.3 is 9.84 Å². The molecule has 23 heavy (non-hydrogen) atoms. The highest BCUT2D eigenvalue weighted by atomic mass is 35.5. The molecule has 1 atom stereocenters. The Hall–Kier alpha value is -1.43. The van der Waals surface area contributed by atoms with Gasteiger partial charge in [0.2, 0.25) is 5.89 Å². The lowest BCUT2D eigenvalue weighted by atomic mass is 10.1. The summed E-state index contributed by atoms with van der Waals surface area (Å²) in [5, 5.41) is 7.55. The number of nitrogens with one attached hydrogen (secondary N) is 1. The van der Waals surface area contributed by atoms with Gasteiger partial charge in [0.15, 0.2) is 5.82 Å². The van der Waals surface area contributed by atoms with E-state index in [1.807, 2.05) is 18.2 Å². The zero-order valence-electron chi connectivity index (χ0n) is 13.6. The lowest BCUT2D eigenvalue weighted by molar-refractivity contribution is 0.190. The average molecular weight is 337 g/mol. The van der Waals surface area contributed by atoms with Crippen molar-refractivity contribution in [3.8, 4) is 0 Å². The van der Waals surface area contributed by atoms with E-state index in [1.165, 1.54) is 24.8 Å². The Morgan fingerprint density at radius 1 is 1.22 bits per heavy atom. The van der Waals surface area contributed by atoms with Crippen molar-refractivity contribution < 1.29 is 4.52 Å². The summed E-state index contributed by atoms with van der Waals surface area (Å²) in [6.45, 7) is 2.96. The van der Waals surface area contributed by atoms with Gasteiger partial charge in [-0.2, -0.15) is 4.98 Å². The predicted octanol–water partition coefficient (Wildman–Crippen LogP) is 2.66. The van der Waals surface area contributed by atoms with Gasteiger partial charge in [-0.15, -0.1) is 12.4 Å². The van der Waals surface area contributed by atoms with Crippen LogP contribution in [0.1, 0.15) is 36.5 Å². The molecular weight excluding hydrogens is 312 g/mol. The van der Waals surface area contributed by atoms with Crippen LogP contribution in [-0.4, -0.2) is 41.2 Å². The van der Waals surface area contributed by atoms with E-state index < -0.39 is 0 Å². The lowest BCUT2D eigenvalue weighted by Crippen LogP contribution is -2.32. The van der Waals surface area contributed by atoms with E-state index in [4.69, 9.17) is 4.52 Å². The van der Waals surface area contributed by atoms with Gasteiger partial charge >= 0.3 is 0 Å². The van der Waals surface area contributed by atoms with Crippen LogP contribution in [0, 0.1) is 0 Å². The SMILES string of the molecule is CN(Cc1nc(Cc2ccccc2)no1)C1CCCNCC1.Cl. The van der Waals surface area contributed by atoms with Crippen LogP contribution in [0.2, 0.25) is 0 Å². The Kier molecular flexibility index (Phi) is 7.02. The van der Waals surface area contributed by atoms with E-state index in [0.717, 1.165) is 31.9 Å². The molecule has 3 rings (SSSR count). The van der Waals surface area contributed by atoms with Gasteiger partial charge in [0.25, 0.3) is 0 Å². The second-order valence-corrected chi connectivity index (χ2v) is 6.02. The molecular formula is C17H25ClN4O. The molecule has 2 heterocycles. The zero-order valence-corrected chi connectivity index (χ0v) is 14.4. The zero-order chi connectivity index (χ0) is 15.2. The van der Waals surface area contributed by atoms with Gasteiger partial charge in [-0.05, 0) is 45.0 Å². The number of hydrogen-bond acceptors (Lipinski definition) is 5. The third kappa shape index (κ3) is 5.30. The molecule has 0 amide bonds. The number of rotatable bonds is 5. The standard InChI is InChI=1S/C17H24N4O.ClH/c1-21(15-8-5-10-18-11-9-15)13-17-19-16(20-22-17)12-14-6-3-2-4-7-14;/h2-4,6-7,15,18H,5,8-13H2,1H3;1H. The number of benzene rings is 1. The van der Waals surface area contributed by atoms with Gasteiger partial charge in [-0.25, -0.2) is 0 Å². The average Bonchev–Trinajstić information content (AvgIpc) is 2.80. The Morgan fingerprint density at radius 3 is 2.87 bits per heavy atom. The first kappa shape index (κ1) is 17.9. The topological polar surface area (TPSA) is 54.2 Å². The Labute approximate surface area is 143 Å². The molecule has 5 nitrogen and oxygen atoms in total. The molecule has 1 fully saturated rings. The molecule has 6 heteroatoms. The highest BCUT2D eigenvalue weighted by Gasteiger charge is 2.19. The molecule has 0 aliphatic carbocycles.